The van der Waals surface area contributed by atoms with Crippen molar-refractivity contribution in [2.75, 3.05) is 12.3 Å². The summed E-state index contributed by atoms with van der Waals surface area (Å²) < 4.78 is 2.12. The van der Waals surface area contributed by atoms with Crippen molar-refractivity contribution in [3.63, 3.8) is 0 Å². The van der Waals surface area contributed by atoms with Crippen molar-refractivity contribution in [2.24, 2.45) is 0 Å². The largest absolute Gasteiger partial charge is 0.399 e. The maximum absolute atomic E-state index is 5.74. The van der Waals surface area contributed by atoms with Gasteiger partial charge >= 0.3 is 0 Å². The van der Waals surface area contributed by atoms with Crippen LogP contribution in [0.4, 0.5) is 5.69 Å². The van der Waals surface area contributed by atoms with Gasteiger partial charge in [0.05, 0.1) is 11.7 Å². The molecule has 1 saturated heterocycles. The summed E-state index contributed by atoms with van der Waals surface area (Å²) in [5.74, 6) is 1.12. The number of nitrogens with zero attached hydrogens (tertiary/aromatic N) is 2. The molecule has 2 aromatic rings. The Labute approximate surface area is 94.5 Å². The molecule has 3 N–H and O–H groups in total. The van der Waals surface area contributed by atoms with Crippen LogP contribution in [0.5, 0.6) is 0 Å². The zero-order valence-electron chi connectivity index (χ0n) is 9.19. The fourth-order valence-electron chi connectivity index (χ4n) is 2.37. The second-order valence-corrected chi connectivity index (χ2v) is 4.43. The third-order valence-electron chi connectivity index (χ3n) is 3.22. The van der Waals surface area contributed by atoms with Crippen LogP contribution in [0.15, 0.2) is 24.5 Å². The normalized spacial score (nSPS) is 20.6. The highest BCUT2D eigenvalue weighted by atomic mass is 15.0. The van der Waals surface area contributed by atoms with Gasteiger partial charge in [-0.25, -0.2) is 4.98 Å². The minimum atomic E-state index is 0.586. The average Bonchev–Trinajstić information content (AvgIpc) is 2.89. The van der Waals surface area contributed by atoms with Gasteiger partial charge in [-0.05, 0) is 31.5 Å². The summed E-state index contributed by atoms with van der Waals surface area (Å²) in [4.78, 5) is 4.47. The molecule has 1 unspecified atom stereocenters. The topological polar surface area (TPSA) is 55.4 Å². The Morgan fingerprint density at radius 3 is 3.31 bits per heavy atom. The van der Waals surface area contributed by atoms with Crippen LogP contribution in [0.25, 0.3) is 5.52 Å². The summed E-state index contributed by atoms with van der Waals surface area (Å²) in [5, 5.41) is 3.49. The molecule has 2 aromatic heterocycles. The fraction of sp³-hybridized carbons (Fsp3) is 0.417. The number of nitrogens with two attached hydrogens (primary N) is 1. The van der Waals surface area contributed by atoms with Crippen LogP contribution in [-0.2, 0) is 6.42 Å². The summed E-state index contributed by atoms with van der Waals surface area (Å²) in [7, 11) is 0. The summed E-state index contributed by atoms with van der Waals surface area (Å²) in [6, 6.07) is 4.46. The van der Waals surface area contributed by atoms with Crippen LogP contribution in [-0.4, -0.2) is 22.0 Å². The van der Waals surface area contributed by atoms with E-state index in [-0.39, 0.29) is 0 Å². The molecule has 84 valence electrons. The number of aromatic nitrogens is 2. The Balaban J connectivity index is 1.91. The molecule has 1 aliphatic heterocycles. The molecule has 3 rings (SSSR count). The monoisotopic (exact) mass is 216 g/mol. The van der Waals surface area contributed by atoms with Gasteiger partial charge in [0, 0.05) is 24.3 Å². The van der Waals surface area contributed by atoms with Gasteiger partial charge in [-0.15, -0.1) is 0 Å². The molecule has 1 fully saturated rings. The third-order valence-corrected chi connectivity index (χ3v) is 3.22. The lowest BCUT2D eigenvalue weighted by Crippen LogP contribution is -2.24. The van der Waals surface area contributed by atoms with E-state index in [1.165, 1.54) is 12.8 Å². The first-order valence-corrected chi connectivity index (χ1v) is 5.78. The van der Waals surface area contributed by atoms with E-state index in [1.807, 2.05) is 24.5 Å². The molecule has 0 spiro atoms. The molecular weight excluding hydrogens is 200 g/mol. The predicted molar refractivity (Wildman–Crippen MR) is 64.3 cm³/mol. The number of fused-ring (bicyclic) bond motifs is 1. The number of hydrogen-bond donors (Lipinski definition) is 2. The fourth-order valence-corrected chi connectivity index (χ4v) is 2.37. The quantitative estimate of drug-likeness (QED) is 0.793. The number of anilines is 1. The lowest BCUT2D eigenvalue weighted by atomic mass is 10.1. The summed E-state index contributed by atoms with van der Waals surface area (Å²) >= 11 is 0. The molecule has 1 aliphatic rings. The second-order valence-electron chi connectivity index (χ2n) is 4.43. The highest BCUT2D eigenvalue weighted by Crippen LogP contribution is 2.15. The van der Waals surface area contributed by atoms with Gasteiger partial charge in [-0.1, -0.05) is 0 Å². The first kappa shape index (κ1) is 9.66. The van der Waals surface area contributed by atoms with Crippen molar-refractivity contribution < 1.29 is 0 Å². The maximum Gasteiger partial charge on any atom is 0.114 e. The average molecular weight is 216 g/mol. The van der Waals surface area contributed by atoms with E-state index in [4.69, 9.17) is 5.73 Å². The van der Waals surface area contributed by atoms with Crippen LogP contribution in [0, 0.1) is 0 Å². The van der Waals surface area contributed by atoms with Crippen molar-refractivity contribution in [2.45, 2.75) is 25.3 Å². The van der Waals surface area contributed by atoms with Gasteiger partial charge in [0.15, 0.2) is 0 Å². The van der Waals surface area contributed by atoms with Crippen molar-refractivity contribution >= 4 is 11.2 Å². The molecule has 4 heteroatoms. The van der Waals surface area contributed by atoms with Crippen molar-refractivity contribution in [3.05, 3.63) is 30.4 Å². The lowest BCUT2D eigenvalue weighted by molar-refractivity contribution is 0.584. The van der Waals surface area contributed by atoms with Crippen LogP contribution in [0.2, 0.25) is 0 Å². The molecule has 0 aliphatic carbocycles. The molecule has 0 saturated carbocycles. The Morgan fingerprint density at radius 2 is 2.50 bits per heavy atom. The third kappa shape index (κ3) is 1.65. The minimum Gasteiger partial charge on any atom is -0.399 e. The van der Waals surface area contributed by atoms with E-state index in [2.05, 4.69) is 14.7 Å². The van der Waals surface area contributed by atoms with E-state index in [1.54, 1.807) is 0 Å². The lowest BCUT2D eigenvalue weighted by Gasteiger charge is -2.08. The molecule has 1 atom stereocenters. The number of nitrogen functional groups attached to an aromatic ring is 1. The van der Waals surface area contributed by atoms with Gasteiger partial charge in [0.25, 0.3) is 0 Å². The van der Waals surface area contributed by atoms with Crippen molar-refractivity contribution in [1.82, 2.24) is 14.7 Å². The Hall–Kier alpha value is -1.55. The van der Waals surface area contributed by atoms with Gasteiger partial charge < -0.3 is 15.5 Å². The summed E-state index contributed by atoms with van der Waals surface area (Å²) in [5.41, 5.74) is 7.61. The minimum absolute atomic E-state index is 0.586. The Morgan fingerprint density at radius 1 is 1.56 bits per heavy atom. The molecular formula is C12H16N4. The molecule has 0 aromatic carbocycles. The zero-order chi connectivity index (χ0) is 11.0. The number of hydrogen-bond acceptors (Lipinski definition) is 3. The smallest absolute Gasteiger partial charge is 0.114 e. The van der Waals surface area contributed by atoms with Gasteiger partial charge in [0.2, 0.25) is 0 Å². The molecule has 0 bridgehead atoms. The van der Waals surface area contributed by atoms with Crippen molar-refractivity contribution in [3.8, 4) is 0 Å². The highest BCUT2D eigenvalue weighted by Gasteiger charge is 2.16. The van der Waals surface area contributed by atoms with Crippen LogP contribution < -0.4 is 11.1 Å². The highest BCUT2D eigenvalue weighted by molar-refractivity contribution is 5.55. The first-order valence-electron chi connectivity index (χ1n) is 5.78. The summed E-state index contributed by atoms with van der Waals surface area (Å²) in [6.07, 6.45) is 7.42. The Kier molecular flexibility index (Phi) is 2.29. The van der Waals surface area contributed by atoms with Crippen LogP contribution >= 0.6 is 0 Å². The summed E-state index contributed by atoms with van der Waals surface area (Å²) in [6.45, 7) is 1.14. The first-order chi connectivity index (χ1) is 7.83. The van der Waals surface area contributed by atoms with E-state index in [0.717, 1.165) is 30.0 Å². The molecule has 0 radical (unpaired) electrons. The van der Waals surface area contributed by atoms with Crippen molar-refractivity contribution in [1.29, 1.82) is 0 Å². The number of imidazole rings is 1. The van der Waals surface area contributed by atoms with E-state index in [9.17, 15) is 0 Å². The van der Waals surface area contributed by atoms with E-state index < -0.39 is 0 Å². The molecule has 3 heterocycles. The second kappa shape index (κ2) is 3.79. The standard InChI is InChI=1S/C12H16N4/c13-9-3-5-16-11(6-9)8-15-12(16)7-10-2-1-4-14-10/h3,5-6,8,10,14H,1-2,4,7,13H2. The van der Waals surface area contributed by atoms with Crippen LogP contribution in [0.1, 0.15) is 18.7 Å². The molecule has 4 nitrogen and oxygen atoms in total. The van der Waals surface area contributed by atoms with Gasteiger partial charge in [0.1, 0.15) is 5.82 Å². The van der Waals surface area contributed by atoms with E-state index in [0.29, 0.717) is 6.04 Å². The molecule has 16 heavy (non-hydrogen) atoms. The number of rotatable bonds is 2. The SMILES string of the molecule is Nc1ccn2c(CC3CCCN3)ncc2c1. The van der Waals surface area contributed by atoms with Crippen LogP contribution in [0.3, 0.4) is 0 Å². The van der Waals surface area contributed by atoms with E-state index >= 15 is 0 Å². The van der Waals surface area contributed by atoms with Gasteiger partial charge in [-0.3, -0.25) is 0 Å². The maximum atomic E-state index is 5.74. The van der Waals surface area contributed by atoms with Gasteiger partial charge in [-0.2, -0.15) is 0 Å². The molecule has 0 amide bonds. The number of nitrogens with one attached hydrogen (secondary N) is 1. The zero-order valence-corrected chi connectivity index (χ0v) is 9.19. The Bertz CT molecular complexity index is 497. The predicted octanol–water partition coefficient (Wildman–Crippen LogP) is 1.21. The number of pyridine rings is 1.